The van der Waals surface area contributed by atoms with Crippen molar-refractivity contribution in [1.29, 1.82) is 10.5 Å². The van der Waals surface area contributed by atoms with Gasteiger partial charge < -0.3 is 20.1 Å². The van der Waals surface area contributed by atoms with Crippen LogP contribution in [0.2, 0.25) is 0 Å². The Labute approximate surface area is 256 Å². The van der Waals surface area contributed by atoms with Crippen molar-refractivity contribution in [2.45, 2.75) is 32.4 Å². The van der Waals surface area contributed by atoms with Gasteiger partial charge in [-0.25, -0.2) is 0 Å². The molecule has 0 aromatic heterocycles. The molecule has 0 bridgehead atoms. The number of hydrogen-bond acceptors (Lipinski definition) is 6. The lowest BCUT2D eigenvalue weighted by molar-refractivity contribution is 0.00975. The Hall–Kier alpha value is -5.60. The van der Waals surface area contributed by atoms with Gasteiger partial charge in [0, 0.05) is 29.6 Å². The number of ether oxygens (including phenoxy) is 2. The smallest absolute Gasteiger partial charge is 0.251 e. The minimum Gasteiger partial charge on any atom is -0.493 e. The van der Waals surface area contributed by atoms with E-state index in [1.807, 2.05) is 60.7 Å². The molecule has 0 atom stereocenters. The molecule has 0 radical (unpaired) electrons. The van der Waals surface area contributed by atoms with Gasteiger partial charge in [-0.2, -0.15) is 10.5 Å². The van der Waals surface area contributed by atoms with Crippen molar-refractivity contribution in [2.75, 3.05) is 13.2 Å². The molecular formula is C36H32N4O4. The van der Waals surface area contributed by atoms with Crippen LogP contribution in [0.1, 0.15) is 62.2 Å². The number of amides is 2. The molecular weight excluding hydrogens is 552 g/mol. The van der Waals surface area contributed by atoms with Gasteiger partial charge in [-0.15, -0.1) is 0 Å². The van der Waals surface area contributed by atoms with Crippen molar-refractivity contribution in [3.8, 4) is 23.6 Å². The lowest BCUT2D eigenvalue weighted by atomic mass is 9.70. The fourth-order valence-corrected chi connectivity index (χ4v) is 4.85. The molecule has 2 N–H and O–H groups in total. The van der Waals surface area contributed by atoms with Gasteiger partial charge in [-0.05, 0) is 96.8 Å². The lowest BCUT2D eigenvalue weighted by Crippen LogP contribution is -2.41. The van der Waals surface area contributed by atoms with E-state index in [0.29, 0.717) is 48.6 Å². The first-order valence-electron chi connectivity index (χ1n) is 14.5. The highest BCUT2D eigenvalue weighted by Gasteiger charge is 2.39. The van der Waals surface area contributed by atoms with Crippen LogP contribution in [-0.2, 0) is 13.1 Å². The largest absolute Gasteiger partial charge is 0.493 e. The van der Waals surface area contributed by atoms with Crippen molar-refractivity contribution >= 4 is 11.8 Å². The molecule has 5 rings (SSSR count). The van der Waals surface area contributed by atoms with Crippen molar-refractivity contribution in [2.24, 2.45) is 5.41 Å². The number of nitrogens with zero attached hydrogens (tertiary/aromatic N) is 2. The van der Waals surface area contributed by atoms with Crippen LogP contribution in [0.3, 0.4) is 0 Å². The van der Waals surface area contributed by atoms with Gasteiger partial charge in [0.15, 0.2) is 0 Å². The Balaban J connectivity index is 1.05. The third-order valence-electron chi connectivity index (χ3n) is 7.81. The van der Waals surface area contributed by atoms with Crippen molar-refractivity contribution in [3.63, 3.8) is 0 Å². The highest BCUT2D eigenvalue weighted by Crippen LogP contribution is 2.41. The van der Waals surface area contributed by atoms with Crippen molar-refractivity contribution in [3.05, 3.63) is 130 Å². The van der Waals surface area contributed by atoms with Gasteiger partial charge >= 0.3 is 0 Å². The summed E-state index contributed by atoms with van der Waals surface area (Å²) in [5, 5.41) is 23.6. The molecule has 1 fully saturated rings. The summed E-state index contributed by atoms with van der Waals surface area (Å²) in [6, 6.07) is 32.6. The van der Waals surface area contributed by atoms with E-state index in [9.17, 15) is 9.59 Å². The second kappa shape index (κ2) is 14.0. The Morgan fingerprint density at radius 3 is 1.32 bits per heavy atom. The molecule has 1 aliphatic rings. The summed E-state index contributed by atoms with van der Waals surface area (Å²) < 4.78 is 12.3. The van der Waals surface area contributed by atoms with Gasteiger partial charge in [0.05, 0.1) is 36.5 Å². The maximum Gasteiger partial charge on any atom is 0.251 e. The zero-order chi connectivity index (χ0) is 30.8. The number of nitrogens with one attached hydrogen (secondary N) is 2. The molecule has 220 valence electrons. The first-order valence-corrected chi connectivity index (χ1v) is 14.5. The number of hydrogen-bond donors (Lipinski definition) is 2. The molecule has 1 saturated carbocycles. The minimum absolute atomic E-state index is 0.0402. The number of rotatable bonds is 12. The second-order valence-corrected chi connectivity index (χ2v) is 11.0. The molecule has 0 unspecified atom stereocenters. The van der Waals surface area contributed by atoms with Crippen LogP contribution in [0.15, 0.2) is 97.1 Å². The van der Waals surface area contributed by atoms with E-state index >= 15 is 0 Å². The van der Waals surface area contributed by atoms with Crippen LogP contribution >= 0.6 is 0 Å². The monoisotopic (exact) mass is 584 g/mol. The predicted molar refractivity (Wildman–Crippen MR) is 165 cm³/mol. The number of benzene rings is 4. The summed E-state index contributed by atoms with van der Waals surface area (Å²) in [4.78, 5) is 24.8. The average molecular weight is 585 g/mol. The summed E-state index contributed by atoms with van der Waals surface area (Å²) >= 11 is 0. The summed E-state index contributed by atoms with van der Waals surface area (Å²) in [6.45, 7) is 1.89. The van der Waals surface area contributed by atoms with Crippen LogP contribution in [0, 0.1) is 28.1 Å². The van der Waals surface area contributed by atoms with Gasteiger partial charge in [0.2, 0.25) is 0 Å². The first-order chi connectivity index (χ1) is 21.4. The topological polar surface area (TPSA) is 124 Å². The molecule has 0 saturated heterocycles. The predicted octanol–water partition coefficient (Wildman–Crippen LogP) is 5.92. The van der Waals surface area contributed by atoms with Crippen LogP contribution in [-0.4, -0.2) is 25.0 Å². The zero-order valence-electron chi connectivity index (χ0n) is 24.2. The Morgan fingerprint density at radius 2 is 1.00 bits per heavy atom. The Morgan fingerprint density at radius 1 is 0.614 bits per heavy atom. The standard InChI is InChI=1S/C36H32N4O4/c37-20-26-2-10-30(11-3-26)34(41)39-22-28-6-14-32(15-7-28)43-24-36(18-1-19-36)25-44-33-16-8-29(9-17-33)23-40-35(42)31-12-4-27(21-38)5-13-31/h2-17H,1,18-19,22-25H2,(H,39,41)(H,40,42). The number of carbonyl (C=O) groups is 2. The third-order valence-corrected chi connectivity index (χ3v) is 7.81. The van der Waals surface area contributed by atoms with Gasteiger partial charge in [-0.1, -0.05) is 30.7 Å². The molecule has 8 nitrogen and oxygen atoms in total. The molecule has 2 amide bonds. The second-order valence-electron chi connectivity index (χ2n) is 11.0. The molecule has 8 heteroatoms. The van der Waals surface area contributed by atoms with Crippen LogP contribution < -0.4 is 20.1 Å². The van der Waals surface area contributed by atoms with Crippen LogP contribution in [0.4, 0.5) is 0 Å². The molecule has 4 aromatic carbocycles. The molecule has 1 aliphatic carbocycles. The average Bonchev–Trinajstić information content (AvgIpc) is 3.06. The normalized spacial score (nSPS) is 13.0. The third kappa shape index (κ3) is 7.81. The molecule has 44 heavy (non-hydrogen) atoms. The van der Waals surface area contributed by atoms with E-state index in [1.54, 1.807) is 48.5 Å². The van der Waals surface area contributed by atoms with Crippen molar-refractivity contribution < 1.29 is 19.1 Å². The summed E-state index contributed by atoms with van der Waals surface area (Å²) in [6.07, 6.45) is 3.21. The van der Waals surface area contributed by atoms with E-state index in [4.69, 9.17) is 20.0 Å². The molecule has 0 aliphatic heterocycles. The minimum atomic E-state index is -0.192. The van der Waals surface area contributed by atoms with E-state index in [1.165, 1.54) is 0 Å². The maximum absolute atomic E-state index is 12.4. The summed E-state index contributed by atoms with van der Waals surface area (Å²) in [7, 11) is 0. The quantitative estimate of drug-likeness (QED) is 0.213. The highest BCUT2D eigenvalue weighted by atomic mass is 16.5. The number of carbonyl (C=O) groups excluding carboxylic acids is 2. The van der Waals surface area contributed by atoms with Gasteiger partial charge in [0.1, 0.15) is 11.5 Å². The molecule has 4 aromatic rings. The van der Waals surface area contributed by atoms with Gasteiger partial charge in [-0.3, -0.25) is 9.59 Å². The lowest BCUT2D eigenvalue weighted by Gasteiger charge is -2.41. The summed E-state index contributed by atoms with van der Waals surface area (Å²) in [5.41, 5.74) is 3.93. The fourth-order valence-electron chi connectivity index (χ4n) is 4.85. The van der Waals surface area contributed by atoms with Crippen LogP contribution in [0.25, 0.3) is 0 Å². The van der Waals surface area contributed by atoms with Crippen molar-refractivity contribution in [1.82, 2.24) is 10.6 Å². The van der Waals surface area contributed by atoms with E-state index in [0.717, 1.165) is 41.9 Å². The molecule has 0 heterocycles. The Bertz CT molecular complexity index is 1540. The first kappa shape index (κ1) is 29.9. The van der Waals surface area contributed by atoms with Crippen LogP contribution in [0.5, 0.6) is 11.5 Å². The zero-order valence-corrected chi connectivity index (χ0v) is 24.2. The summed E-state index contributed by atoms with van der Waals surface area (Å²) in [5.74, 6) is 1.15. The Kier molecular flexibility index (Phi) is 9.54. The van der Waals surface area contributed by atoms with E-state index in [2.05, 4.69) is 10.6 Å². The fraction of sp³-hybridized carbons (Fsp3) is 0.222. The number of nitriles is 2. The SMILES string of the molecule is N#Cc1ccc(C(=O)NCc2ccc(OCC3(COc4ccc(CNC(=O)c5ccc(C#N)cc5)cc4)CCC3)cc2)cc1. The van der Waals surface area contributed by atoms with Gasteiger partial charge in [0.25, 0.3) is 11.8 Å². The van der Waals surface area contributed by atoms with E-state index in [-0.39, 0.29) is 17.2 Å². The molecule has 0 spiro atoms. The highest BCUT2D eigenvalue weighted by molar-refractivity contribution is 5.94. The van der Waals surface area contributed by atoms with E-state index < -0.39 is 0 Å². The maximum atomic E-state index is 12.4.